The van der Waals surface area contributed by atoms with Gasteiger partial charge in [-0.3, -0.25) is 4.72 Å². The van der Waals surface area contributed by atoms with Crippen molar-refractivity contribution in [1.29, 1.82) is 0 Å². The van der Waals surface area contributed by atoms with Crippen molar-refractivity contribution in [3.8, 4) is 0 Å². The Morgan fingerprint density at radius 1 is 1.19 bits per heavy atom. The molecule has 2 aliphatic heterocycles. The normalized spacial score (nSPS) is 30.7. The highest BCUT2D eigenvalue weighted by Gasteiger charge is 2.45. The Labute approximate surface area is 128 Å². The molecule has 0 bridgehead atoms. The van der Waals surface area contributed by atoms with Crippen LogP contribution in [0.3, 0.4) is 0 Å². The van der Waals surface area contributed by atoms with Crippen LogP contribution in [0.5, 0.6) is 0 Å². The smallest absolute Gasteiger partial charge is 0.316 e. The van der Waals surface area contributed by atoms with E-state index in [1.54, 1.807) is 0 Å². The van der Waals surface area contributed by atoms with Crippen molar-refractivity contribution in [3.05, 3.63) is 0 Å². The molecule has 2 heterocycles. The molecular weight excluding hydrogens is 299 g/mol. The first-order chi connectivity index (χ1) is 9.94. The number of hydrogen-bond acceptors (Lipinski definition) is 4. The van der Waals surface area contributed by atoms with Crippen molar-refractivity contribution in [2.75, 3.05) is 32.7 Å². The predicted molar refractivity (Wildman–Crippen MR) is 78.9 cm³/mol. The fourth-order valence-electron chi connectivity index (χ4n) is 4.08. The first-order valence-electron chi connectivity index (χ1n) is 7.88. The van der Waals surface area contributed by atoms with Crippen LogP contribution in [0.4, 0.5) is 13.2 Å². The van der Waals surface area contributed by atoms with Gasteiger partial charge in [-0.05, 0) is 56.5 Å². The van der Waals surface area contributed by atoms with Gasteiger partial charge in [-0.1, -0.05) is 0 Å². The van der Waals surface area contributed by atoms with Gasteiger partial charge in [0.1, 0.15) is 0 Å². The van der Waals surface area contributed by atoms with Crippen molar-refractivity contribution in [3.63, 3.8) is 0 Å². The molecule has 3 nitrogen and oxygen atoms in total. The Bertz CT molecular complexity index is 342. The summed E-state index contributed by atoms with van der Waals surface area (Å²) in [5.74, 6) is 0.795. The zero-order valence-electron chi connectivity index (χ0n) is 12.2. The Hall–Kier alpha value is 0.0200. The molecule has 7 heteroatoms. The first-order valence-corrected chi connectivity index (χ1v) is 8.69. The summed E-state index contributed by atoms with van der Waals surface area (Å²) >= 11 is -0.0797. The van der Waals surface area contributed by atoms with Crippen LogP contribution in [-0.2, 0) is 0 Å². The van der Waals surface area contributed by atoms with E-state index < -0.39 is 5.51 Å². The van der Waals surface area contributed by atoms with E-state index in [4.69, 9.17) is 0 Å². The lowest BCUT2D eigenvalue weighted by Gasteiger charge is -2.54. The quantitative estimate of drug-likeness (QED) is 0.778. The van der Waals surface area contributed by atoms with E-state index in [1.807, 2.05) is 0 Å². The molecule has 0 aromatic heterocycles. The van der Waals surface area contributed by atoms with Gasteiger partial charge in [0.05, 0.1) is 0 Å². The lowest BCUT2D eigenvalue weighted by molar-refractivity contribution is -0.0411. The Kier molecular flexibility index (Phi) is 4.74. The molecule has 3 rings (SSSR count). The SMILES string of the molecule is FC(F)(F)SNC1CCC2(CC1)CN(CC1CCNC1)C2. The number of nitrogens with one attached hydrogen (secondary N) is 2. The van der Waals surface area contributed by atoms with Crippen molar-refractivity contribution in [1.82, 2.24) is 14.9 Å². The zero-order valence-corrected chi connectivity index (χ0v) is 13.0. The zero-order chi connectivity index (χ0) is 14.9. The summed E-state index contributed by atoms with van der Waals surface area (Å²) < 4.78 is 39.1. The predicted octanol–water partition coefficient (Wildman–Crippen LogP) is 2.60. The maximum Gasteiger partial charge on any atom is 0.456 e. The summed E-state index contributed by atoms with van der Waals surface area (Å²) in [5, 5.41) is 3.40. The molecule has 122 valence electrons. The van der Waals surface area contributed by atoms with Gasteiger partial charge in [-0.25, -0.2) is 0 Å². The summed E-state index contributed by atoms with van der Waals surface area (Å²) in [6, 6.07) is 0.0235. The average Bonchev–Trinajstić information content (AvgIpc) is 2.88. The third-order valence-corrected chi connectivity index (χ3v) is 5.87. The van der Waals surface area contributed by atoms with E-state index in [-0.39, 0.29) is 18.0 Å². The molecule has 3 aliphatic rings. The number of likely N-dealkylation sites (tertiary alicyclic amines) is 1. The van der Waals surface area contributed by atoms with Crippen LogP contribution in [-0.4, -0.2) is 49.2 Å². The third-order valence-electron chi connectivity index (χ3n) is 5.18. The lowest BCUT2D eigenvalue weighted by Crippen LogP contribution is -2.59. The highest BCUT2D eigenvalue weighted by atomic mass is 32.2. The molecule has 0 radical (unpaired) electrons. The number of alkyl halides is 3. The summed E-state index contributed by atoms with van der Waals surface area (Å²) in [6.45, 7) is 5.80. The van der Waals surface area contributed by atoms with Gasteiger partial charge >= 0.3 is 5.51 Å². The second-order valence-corrected chi connectivity index (χ2v) is 7.87. The topological polar surface area (TPSA) is 27.3 Å². The summed E-state index contributed by atoms with van der Waals surface area (Å²) in [7, 11) is 0. The number of halogens is 3. The largest absolute Gasteiger partial charge is 0.456 e. The van der Waals surface area contributed by atoms with E-state index in [2.05, 4.69) is 14.9 Å². The van der Waals surface area contributed by atoms with Crippen LogP contribution in [0.15, 0.2) is 0 Å². The fraction of sp³-hybridized carbons (Fsp3) is 1.00. The molecule has 0 aromatic carbocycles. The standard InChI is InChI=1S/C14H24F3N3S/c15-14(16,17)21-19-12-1-4-13(5-2-12)9-20(10-13)8-11-3-6-18-7-11/h11-12,18-19H,1-10H2. The molecule has 1 unspecified atom stereocenters. The molecule has 1 aliphatic carbocycles. The molecule has 2 N–H and O–H groups in total. The van der Waals surface area contributed by atoms with Gasteiger partial charge in [0.15, 0.2) is 0 Å². The molecule has 0 aromatic rings. The van der Waals surface area contributed by atoms with Gasteiger partial charge in [-0.15, -0.1) is 0 Å². The number of hydrogen-bond donors (Lipinski definition) is 2. The summed E-state index contributed by atoms with van der Waals surface area (Å²) in [4.78, 5) is 2.54. The third kappa shape index (κ3) is 4.27. The van der Waals surface area contributed by atoms with E-state index >= 15 is 0 Å². The van der Waals surface area contributed by atoms with Crippen LogP contribution < -0.4 is 10.0 Å². The molecule has 0 amide bonds. The van der Waals surface area contributed by atoms with Crippen molar-refractivity contribution < 1.29 is 13.2 Å². The maximum atomic E-state index is 12.2. The molecule has 21 heavy (non-hydrogen) atoms. The Morgan fingerprint density at radius 2 is 1.90 bits per heavy atom. The minimum Gasteiger partial charge on any atom is -0.316 e. The van der Waals surface area contributed by atoms with Crippen LogP contribution in [0.2, 0.25) is 0 Å². The number of rotatable bonds is 4. The van der Waals surface area contributed by atoms with E-state index in [0.717, 1.165) is 57.8 Å². The van der Waals surface area contributed by atoms with Crippen molar-refractivity contribution in [2.24, 2.45) is 11.3 Å². The lowest BCUT2D eigenvalue weighted by atomic mass is 9.67. The average molecular weight is 323 g/mol. The van der Waals surface area contributed by atoms with Crippen LogP contribution in [0.25, 0.3) is 0 Å². The van der Waals surface area contributed by atoms with Crippen LogP contribution >= 0.6 is 11.9 Å². The van der Waals surface area contributed by atoms with Gasteiger partial charge in [0.25, 0.3) is 0 Å². The van der Waals surface area contributed by atoms with Crippen molar-refractivity contribution in [2.45, 2.75) is 43.7 Å². The van der Waals surface area contributed by atoms with Gasteiger partial charge in [-0.2, -0.15) is 13.2 Å². The molecular formula is C14H24F3N3S. The van der Waals surface area contributed by atoms with Gasteiger partial charge < -0.3 is 10.2 Å². The molecule has 1 spiro atoms. The van der Waals surface area contributed by atoms with Gasteiger partial charge in [0, 0.05) is 37.6 Å². The molecule has 1 atom stereocenters. The highest BCUT2D eigenvalue weighted by Crippen LogP contribution is 2.44. The van der Waals surface area contributed by atoms with Crippen LogP contribution in [0.1, 0.15) is 32.1 Å². The van der Waals surface area contributed by atoms with E-state index in [9.17, 15) is 13.2 Å². The highest BCUT2D eigenvalue weighted by molar-refractivity contribution is 7.98. The van der Waals surface area contributed by atoms with Crippen molar-refractivity contribution >= 4 is 11.9 Å². The first kappa shape index (κ1) is 15.9. The monoisotopic (exact) mass is 323 g/mol. The molecule has 3 fully saturated rings. The van der Waals surface area contributed by atoms with Crippen LogP contribution in [0, 0.1) is 11.3 Å². The molecule has 1 saturated carbocycles. The number of nitrogens with zero attached hydrogens (tertiary/aromatic N) is 1. The summed E-state index contributed by atoms with van der Waals surface area (Å²) in [5.41, 5.74) is -3.76. The minimum atomic E-state index is -4.17. The van der Waals surface area contributed by atoms with E-state index in [0.29, 0.717) is 5.41 Å². The Balaban J connectivity index is 1.35. The maximum absolute atomic E-state index is 12.2. The fourth-order valence-corrected chi connectivity index (χ4v) is 4.62. The minimum absolute atomic E-state index is 0.0235. The summed E-state index contributed by atoms with van der Waals surface area (Å²) in [6.07, 6.45) is 5.18. The Morgan fingerprint density at radius 3 is 2.48 bits per heavy atom. The van der Waals surface area contributed by atoms with E-state index in [1.165, 1.54) is 13.0 Å². The second-order valence-electron chi connectivity index (χ2n) is 6.97. The second kappa shape index (κ2) is 6.26. The van der Waals surface area contributed by atoms with Gasteiger partial charge in [0.2, 0.25) is 0 Å². The molecule has 2 saturated heterocycles.